The van der Waals surface area contributed by atoms with E-state index < -0.39 is 4.92 Å². The van der Waals surface area contributed by atoms with E-state index in [1.807, 2.05) is 0 Å². The second-order valence-electron chi connectivity index (χ2n) is 5.07. The van der Waals surface area contributed by atoms with E-state index in [0.29, 0.717) is 22.0 Å². The number of rotatable bonds is 5. The van der Waals surface area contributed by atoms with Crippen LogP contribution in [0.4, 0.5) is 5.69 Å². The molecule has 25 heavy (non-hydrogen) atoms. The van der Waals surface area contributed by atoms with E-state index in [2.05, 4.69) is 4.98 Å². The second-order valence-corrected chi connectivity index (χ2v) is 6.13. The lowest BCUT2D eigenvalue weighted by atomic mass is 10.1. The molecule has 1 aromatic heterocycles. The maximum absolute atomic E-state index is 10.8. The lowest BCUT2D eigenvalue weighted by Crippen LogP contribution is -1.90. The molecule has 0 aliphatic heterocycles. The minimum Gasteiger partial charge on any atom is -0.502 e. The highest BCUT2D eigenvalue weighted by Crippen LogP contribution is 2.37. The van der Waals surface area contributed by atoms with Gasteiger partial charge in [-0.1, -0.05) is 6.08 Å². The molecular formula is C17H14N2O5S. The van der Waals surface area contributed by atoms with Gasteiger partial charge < -0.3 is 14.6 Å². The van der Waals surface area contributed by atoms with E-state index in [-0.39, 0.29) is 11.4 Å². The summed E-state index contributed by atoms with van der Waals surface area (Å²) in [4.78, 5) is 14.8. The zero-order chi connectivity index (χ0) is 18.0. The first kappa shape index (κ1) is 16.7. The van der Waals surface area contributed by atoms with Crippen LogP contribution in [-0.4, -0.2) is 29.2 Å². The van der Waals surface area contributed by atoms with Crippen LogP contribution in [0.3, 0.4) is 0 Å². The van der Waals surface area contributed by atoms with Gasteiger partial charge in [0, 0.05) is 12.1 Å². The number of nitrogens with zero attached hydrogens (tertiary/aromatic N) is 2. The van der Waals surface area contributed by atoms with E-state index in [0.717, 1.165) is 10.3 Å². The summed E-state index contributed by atoms with van der Waals surface area (Å²) in [6.45, 7) is 0. The summed E-state index contributed by atoms with van der Waals surface area (Å²) in [5, 5.41) is 21.5. The number of ether oxygens (including phenoxy) is 2. The van der Waals surface area contributed by atoms with E-state index in [9.17, 15) is 15.2 Å². The average Bonchev–Trinajstić information content (AvgIpc) is 3.02. The highest BCUT2D eigenvalue weighted by atomic mass is 32.1. The Hall–Kier alpha value is -3.13. The van der Waals surface area contributed by atoms with Gasteiger partial charge in [-0.15, -0.1) is 11.3 Å². The first-order chi connectivity index (χ1) is 12.0. The summed E-state index contributed by atoms with van der Waals surface area (Å²) < 4.78 is 11.1. The molecule has 8 heteroatoms. The number of hydrogen-bond acceptors (Lipinski definition) is 7. The van der Waals surface area contributed by atoms with Gasteiger partial charge in [-0.2, -0.15) is 0 Å². The summed E-state index contributed by atoms with van der Waals surface area (Å²) in [5.74, 6) is 0.548. The predicted octanol–water partition coefficient (Wildman–Crippen LogP) is 4.10. The Morgan fingerprint density at radius 3 is 2.44 bits per heavy atom. The van der Waals surface area contributed by atoms with Crippen LogP contribution >= 0.6 is 11.3 Å². The summed E-state index contributed by atoms with van der Waals surface area (Å²) in [6, 6.07) is 7.95. The fourth-order valence-electron chi connectivity index (χ4n) is 2.30. The SMILES string of the molecule is COc1cc(/C=C/c2nc3cc([N+](=O)[O-])ccc3s2)cc(OC)c1O. The molecule has 0 saturated carbocycles. The molecule has 0 radical (unpaired) electrons. The lowest BCUT2D eigenvalue weighted by Gasteiger charge is -2.09. The largest absolute Gasteiger partial charge is 0.502 e. The van der Waals surface area contributed by atoms with Crippen LogP contribution in [-0.2, 0) is 0 Å². The number of nitro groups is 1. The van der Waals surface area contributed by atoms with Crippen molar-refractivity contribution < 1.29 is 19.5 Å². The van der Waals surface area contributed by atoms with Crippen LogP contribution in [0.25, 0.3) is 22.4 Å². The zero-order valence-corrected chi connectivity index (χ0v) is 14.2. The molecule has 2 aromatic carbocycles. The van der Waals surface area contributed by atoms with E-state index in [1.165, 1.54) is 37.7 Å². The fourth-order valence-corrected chi connectivity index (χ4v) is 3.15. The number of aromatic nitrogens is 1. The number of nitro benzene ring substituents is 1. The van der Waals surface area contributed by atoms with Crippen molar-refractivity contribution in [2.75, 3.05) is 14.2 Å². The van der Waals surface area contributed by atoms with Gasteiger partial charge in [0.2, 0.25) is 5.75 Å². The molecule has 0 aliphatic rings. The van der Waals surface area contributed by atoms with Crippen LogP contribution in [0.2, 0.25) is 0 Å². The number of non-ortho nitro benzene ring substituents is 1. The van der Waals surface area contributed by atoms with Gasteiger partial charge >= 0.3 is 0 Å². The zero-order valence-electron chi connectivity index (χ0n) is 13.4. The fraction of sp³-hybridized carbons (Fsp3) is 0.118. The summed E-state index contributed by atoms with van der Waals surface area (Å²) in [6.07, 6.45) is 3.60. The Morgan fingerprint density at radius 1 is 1.16 bits per heavy atom. The number of thiazole rings is 1. The maximum atomic E-state index is 10.8. The Morgan fingerprint density at radius 2 is 1.84 bits per heavy atom. The number of methoxy groups -OCH3 is 2. The quantitative estimate of drug-likeness (QED) is 0.545. The molecule has 0 saturated heterocycles. The summed E-state index contributed by atoms with van der Waals surface area (Å²) in [7, 11) is 2.92. The summed E-state index contributed by atoms with van der Waals surface area (Å²) >= 11 is 1.43. The first-order valence-corrected chi connectivity index (χ1v) is 8.01. The molecule has 0 bridgehead atoms. The van der Waals surface area contributed by atoms with Gasteiger partial charge in [0.05, 0.1) is 29.4 Å². The molecule has 128 valence electrons. The number of fused-ring (bicyclic) bond motifs is 1. The maximum Gasteiger partial charge on any atom is 0.271 e. The Labute approximate surface area is 146 Å². The number of aromatic hydroxyl groups is 1. The molecule has 0 amide bonds. The highest BCUT2D eigenvalue weighted by molar-refractivity contribution is 7.19. The van der Waals surface area contributed by atoms with Gasteiger partial charge in [0.15, 0.2) is 11.5 Å². The van der Waals surface area contributed by atoms with Crippen molar-refractivity contribution in [3.63, 3.8) is 0 Å². The normalized spacial score (nSPS) is 11.1. The van der Waals surface area contributed by atoms with Crippen LogP contribution in [0, 0.1) is 10.1 Å². The third-order valence-electron chi connectivity index (χ3n) is 3.52. The van der Waals surface area contributed by atoms with Crippen LogP contribution < -0.4 is 9.47 Å². The first-order valence-electron chi connectivity index (χ1n) is 7.20. The standard InChI is InChI=1S/C17H14N2O5S/c1-23-13-7-10(8-14(24-2)17(13)20)3-6-16-18-12-9-11(19(21)22)4-5-15(12)25-16/h3-9,20H,1-2H3/b6-3+. The Kier molecular flexibility index (Phi) is 4.53. The molecule has 1 heterocycles. The van der Waals surface area contributed by atoms with Gasteiger partial charge in [-0.3, -0.25) is 10.1 Å². The topological polar surface area (TPSA) is 94.7 Å². The van der Waals surface area contributed by atoms with E-state index >= 15 is 0 Å². The number of hydrogen-bond donors (Lipinski definition) is 1. The van der Waals surface area contributed by atoms with Crippen LogP contribution in [0.5, 0.6) is 17.2 Å². The molecule has 0 spiro atoms. The third-order valence-corrected chi connectivity index (χ3v) is 4.52. The van der Waals surface area contributed by atoms with Gasteiger partial charge in [0.25, 0.3) is 5.69 Å². The van der Waals surface area contributed by atoms with Crippen molar-refractivity contribution in [1.82, 2.24) is 4.98 Å². The Bertz CT molecular complexity index is 955. The van der Waals surface area contributed by atoms with Crippen molar-refractivity contribution in [2.24, 2.45) is 0 Å². The highest BCUT2D eigenvalue weighted by Gasteiger charge is 2.11. The molecule has 0 atom stereocenters. The molecule has 1 N–H and O–H groups in total. The molecule has 0 unspecified atom stereocenters. The number of benzene rings is 2. The monoisotopic (exact) mass is 358 g/mol. The number of phenols is 1. The van der Waals surface area contributed by atoms with Gasteiger partial charge in [-0.05, 0) is 29.8 Å². The molecule has 7 nitrogen and oxygen atoms in total. The average molecular weight is 358 g/mol. The second kappa shape index (κ2) is 6.78. The molecule has 0 aliphatic carbocycles. The van der Waals surface area contributed by atoms with Gasteiger partial charge in [0.1, 0.15) is 5.01 Å². The molecule has 3 rings (SSSR count). The van der Waals surface area contributed by atoms with E-state index in [4.69, 9.17) is 9.47 Å². The van der Waals surface area contributed by atoms with Crippen molar-refractivity contribution in [1.29, 1.82) is 0 Å². The number of phenolic OH excluding ortho intramolecular Hbond substituents is 1. The summed E-state index contributed by atoms with van der Waals surface area (Å²) in [5.41, 5.74) is 1.36. The Balaban J connectivity index is 1.94. The van der Waals surface area contributed by atoms with Crippen molar-refractivity contribution in [2.45, 2.75) is 0 Å². The van der Waals surface area contributed by atoms with Crippen LogP contribution in [0.15, 0.2) is 30.3 Å². The van der Waals surface area contributed by atoms with Crippen molar-refractivity contribution in [3.05, 3.63) is 51.0 Å². The van der Waals surface area contributed by atoms with E-state index in [1.54, 1.807) is 30.4 Å². The minimum absolute atomic E-state index is 0.0151. The molecule has 0 fully saturated rings. The molecule has 3 aromatic rings. The predicted molar refractivity (Wildman–Crippen MR) is 96.4 cm³/mol. The third kappa shape index (κ3) is 3.38. The molecular weight excluding hydrogens is 344 g/mol. The minimum atomic E-state index is -0.441. The van der Waals surface area contributed by atoms with Crippen LogP contribution in [0.1, 0.15) is 10.6 Å². The van der Waals surface area contributed by atoms with Crippen molar-refractivity contribution in [3.8, 4) is 17.2 Å². The van der Waals surface area contributed by atoms with Gasteiger partial charge in [-0.25, -0.2) is 4.98 Å². The lowest BCUT2D eigenvalue weighted by molar-refractivity contribution is -0.384. The smallest absolute Gasteiger partial charge is 0.271 e. The van der Waals surface area contributed by atoms with Crippen molar-refractivity contribution >= 4 is 39.4 Å².